The number of aliphatic hydroxyl groups excluding tert-OH is 1. The fraction of sp³-hybridized carbons (Fsp3) is 0.750. The van der Waals surface area contributed by atoms with Gasteiger partial charge in [0.1, 0.15) is 25.9 Å². The van der Waals surface area contributed by atoms with Crippen LogP contribution in [0.2, 0.25) is 0 Å². The second-order valence-electron chi connectivity index (χ2n) is 7.83. The summed E-state index contributed by atoms with van der Waals surface area (Å²) in [5.41, 5.74) is 0. The number of nitrogens with zero attached hydrogens (tertiary/aromatic N) is 1. The van der Waals surface area contributed by atoms with Gasteiger partial charge in [-0.05, 0) is 19.3 Å². The normalized spacial score (nSPS) is 15.7. The first-order valence-electron chi connectivity index (χ1n) is 10.1. The van der Waals surface area contributed by atoms with Crippen LogP contribution < -0.4 is 0 Å². The Bertz CT molecular complexity index is 543. The van der Waals surface area contributed by atoms with E-state index in [0.717, 1.165) is 12.8 Å². The van der Waals surface area contributed by atoms with Crippen molar-refractivity contribution < 1.29 is 37.6 Å². The molecule has 0 radical (unpaired) electrons. The molecule has 2 atom stereocenters. The quantitative estimate of drug-likeness (QED) is 0.119. The minimum absolute atomic E-state index is 0.0443. The lowest BCUT2D eigenvalue weighted by atomic mass is 10.2. The molecule has 0 aromatic rings. The van der Waals surface area contributed by atoms with E-state index < -0.39 is 26.5 Å². The van der Waals surface area contributed by atoms with Gasteiger partial charge in [-0.2, -0.15) is 0 Å². The summed E-state index contributed by atoms with van der Waals surface area (Å²) in [6.45, 7) is 1.96. The van der Waals surface area contributed by atoms with Crippen LogP contribution in [0.4, 0.5) is 0 Å². The van der Waals surface area contributed by atoms with Crippen molar-refractivity contribution in [2.75, 3.05) is 47.5 Å². The molecule has 0 aliphatic heterocycles. The van der Waals surface area contributed by atoms with Gasteiger partial charge < -0.3 is 19.2 Å². The van der Waals surface area contributed by atoms with Crippen LogP contribution in [0.5, 0.6) is 0 Å². The number of unbranched alkanes of at least 4 members (excludes halogenated alkanes) is 3. The van der Waals surface area contributed by atoms with Crippen LogP contribution in [0.15, 0.2) is 24.3 Å². The van der Waals surface area contributed by atoms with E-state index in [0.29, 0.717) is 11.0 Å². The maximum Gasteiger partial charge on any atom is 0.472 e. The van der Waals surface area contributed by atoms with E-state index in [1.165, 1.54) is 19.3 Å². The van der Waals surface area contributed by atoms with E-state index in [1.807, 2.05) is 27.2 Å². The Balaban J connectivity index is 3.87. The van der Waals surface area contributed by atoms with Gasteiger partial charge in [0.25, 0.3) is 0 Å². The molecule has 0 aromatic carbocycles. The van der Waals surface area contributed by atoms with Gasteiger partial charge in [-0.3, -0.25) is 13.8 Å². The summed E-state index contributed by atoms with van der Waals surface area (Å²) in [7, 11) is 1.52. The van der Waals surface area contributed by atoms with Gasteiger partial charge >= 0.3 is 13.8 Å². The Hall–Kier alpha value is -1.02. The summed E-state index contributed by atoms with van der Waals surface area (Å²) < 4.78 is 26.8. The second kappa shape index (κ2) is 15.8. The van der Waals surface area contributed by atoms with Crippen LogP contribution in [0.3, 0.4) is 0 Å². The van der Waals surface area contributed by atoms with E-state index in [1.54, 1.807) is 6.08 Å². The molecule has 0 aromatic heterocycles. The van der Waals surface area contributed by atoms with Crippen molar-refractivity contribution in [3.63, 3.8) is 0 Å². The third-order valence-electron chi connectivity index (χ3n) is 3.75. The highest BCUT2D eigenvalue weighted by atomic mass is 31.2. The van der Waals surface area contributed by atoms with Gasteiger partial charge in [-0.25, -0.2) is 4.57 Å². The summed E-state index contributed by atoms with van der Waals surface area (Å²) in [5, 5.41) is 9.73. The molecule has 0 heterocycles. The molecule has 8 nitrogen and oxygen atoms in total. The van der Waals surface area contributed by atoms with Crippen molar-refractivity contribution in [2.24, 2.45) is 0 Å². The average molecular weight is 437 g/mol. The van der Waals surface area contributed by atoms with Crippen molar-refractivity contribution in [3.8, 4) is 0 Å². The second-order valence-corrected chi connectivity index (χ2v) is 9.28. The standard InChI is InChI=1S/C20H38NO7P/c1-5-6-7-8-9-10-11-12-13-14-20(23)26-17-19(22)18-28-29(24,25)27-16-15-21(2,3)4/h9-10,12-13,19,22H,5-8,11,14-18H2,1-4H3/p+1/b10-9-,13-12-. The summed E-state index contributed by atoms with van der Waals surface area (Å²) >= 11 is 0. The van der Waals surface area contributed by atoms with E-state index in [4.69, 9.17) is 13.8 Å². The average Bonchev–Trinajstić information content (AvgIpc) is 2.62. The Labute approximate surface area is 175 Å². The minimum atomic E-state index is -4.25. The molecule has 0 rings (SSSR count). The number of ether oxygens (including phenoxy) is 1. The Morgan fingerprint density at radius 2 is 1.76 bits per heavy atom. The SMILES string of the molecule is CCCCC/C=C\C/C=C\CC(=O)OCC(O)COP(=O)(O)OCC[N+](C)(C)C. The van der Waals surface area contributed by atoms with E-state index in [-0.39, 0.29) is 19.6 Å². The molecule has 0 spiro atoms. The van der Waals surface area contributed by atoms with Crippen LogP contribution in [0.1, 0.15) is 45.4 Å². The van der Waals surface area contributed by atoms with Crippen LogP contribution in [-0.4, -0.2) is 74.1 Å². The number of aliphatic hydroxyl groups is 1. The number of likely N-dealkylation sites (N-methyl/N-ethyl adjacent to an activating group) is 1. The third-order valence-corrected chi connectivity index (χ3v) is 4.73. The lowest BCUT2D eigenvalue weighted by Crippen LogP contribution is -2.37. The number of phosphoric acid groups is 1. The number of carbonyl (C=O) groups excluding carboxylic acids is 1. The van der Waals surface area contributed by atoms with Crippen molar-refractivity contribution in [1.29, 1.82) is 0 Å². The van der Waals surface area contributed by atoms with E-state index >= 15 is 0 Å². The Morgan fingerprint density at radius 3 is 2.41 bits per heavy atom. The molecule has 0 aliphatic carbocycles. The van der Waals surface area contributed by atoms with Gasteiger partial charge in [-0.1, -0.05) is 44.1 Å². The molecule has 0 saturated carbocycles. The maximum absolute atomic E-state index is 11.7. The summed E-state index contributed by atoms with van der Waals surface area (Å²) in [4.78, 5) is 21.2. The first-order chi connectivity index (χ1) is 13.6. The van der Waals surface area contributed by atoms with E-state index in [2.05, 4.69) is 19.1 Å². The molecule has 0 bridgehead atoms. The summed E-state index contributed by atoms with van der Waals surface area (Å²) in [5.74, 6) is -0.487. The lowest BCUT2D eigenvalue weighted by Gasteiger charge is -2.24. The number of phosphoric ester groups is 1. The number of rotatable bonds is 17. The Kier molecular flexibility index (Phi) is 15.2. The summed E-state index contributed by atoms with van der Waals surface area (Å²) in [6, 6.07) is 0. The maximum atomic E-state index is 11.7. The molecule has 0 amide bonds. The first kappa shape index (κ1) is 28.0. The number of hydrogen-bond acceptors (Lipinski definition) is 6. The molecule has 170 valence electrons. The smallest absolute Gasteiger partial charge is 0.463 e. The van der Waals surface area contributed by atoms with Gasteiger partial charge in [0.2, 0.25) is 0 Å². The first-order valence-corrected chi connectivity index (χ1v) is 11.6. The monoisotopic (exact) mass is 436 g/mol. The van der Waals surface area contributed by atoms with Crippen LogP contribution in [0, 0.1) is 0 Å². The number of quaternary nitrogens is 1. The zero-order valence-electron chi connectivity index (χ0n) is 18.3. The van der Waals surface area contributed by atoms with Crippen molar-refractivity contribution in [1.82, 2.24) is 0 Å². The lowest BCUT2D eigenvalue weighted by molar-refractivity contribution is -0.870. The number of allylic oxidation sites excluding steroid dienone is 3. The van der Waals surface area contributed by atoms with E-state index in [9.17, 15) is 19.4 Å². The van der Waals surface area contributed by atoms with Crippen molar-refractivity contribution >= 4 is 13.8 Å². The van der Waals surface area contributed by atoms with Crippen LogP contribution >= 0.6 is 7.82 Å². The highest BCUT2D eigenvalue weighted by molar-refractivity contribution is 7.47. The fourth-order valence-electron chi connectivity index (χ4n) is 2.02. The third kappa shape index (κ3) is 20.0. The number of esters is 1. The highest BCUT2D eigenvalue weighted by Gasteiger charge is 2.24. The predicted octanol–water partition coefficient (Wildman–Crippen LogP) is 3.20. The zero-order valence-corrected chi connectivity index (χ0v) is 19.2. The van der Waals surface area contributed by atoms with Gasteiger partial charge in [0.05, 0.1) is 34.2 Å². The van der Waals surface area contributed by atoms with Crippen molar-refractivity contribution in [3.05, 3.63) is 24.3 Å². The van der Waals surface area contributed by atoms with Crippen LogP contribution in [-0.2, 0) is 23.1 Å². The predicted molar refractivity (Wildman–Crippen MR) is 113 cm³/mol. The highest BCUT2D eigenvalue weighted by Crippen LogP contribution is 2.43. The largest absolute Gasteiger partial charge is 0.472 e. The zero-order chi connectivity index (χ0) is 22.2. The molecule has 0 saturated heterocycles. The number of hydrogen-bond donors (Lipinski definition) is 2. The molecule has 2 unspecified atom stereocenters. The topological polar surface area (TPSA) is 102 Å². The van der Waals surface area contributed by atoms with Gasteiger partial charge in [0, 0.05) is 0 Å². The molecule has 0 fully saturated rings. The van der Waals surface area contributed by atoms with Gasteiger partial charge in [-0.15, -0.1) is 0 Å². The van der Waals surface area contributed by atoms with Crippen LogP contribution in [0.25, 0.3) is 0 Å². The summed E-state index contributed by atoms with van der Waals surface area (Å²) in [6.07, 6.45) is 12.2. The fourth-order valence-corrected chi connectivity index (χ4v) is 2.77. The number of carbonyl (C=O) groups is 1. The molecular weight excluding hydrogens is 397 g/mol. The molecular formula is C20H39NO7P+. The Morgan fingerprint density at radius 1 is 1.07 bits per heavy atom. The van der Waals surface area contributed by atoms with Gasteiger partial charge in [0.15, 0.2) is 0 Å². The molecule has 2 N–H and O–H groups in total. The van der Waals surface area contributed by atoms with Crippen molar-refractivity contribution in [2.45, 2.75) is 51.6 Å². The molecule has 9 heteroatoms. The molecule has 29 heavy (non-hydrogen) atoms. The molecule has 0 aliphatic rings. The minimum Gasteiger partial charge on any atom is -0.463 e.